The zero-order valence-electron chi connectivity index (χ0n) is 7.80. The van der Waals surface area contributed by atoms with Crippen molar-refractivity contribution < 1.29 is 0 Å². The van der Waals surface area contributed by atoms with Crippen LogP contribution in [0.4, 0.5) is 0 Å². The van der Waals surface area contributed by atoms with Crippen molar-refractivity contribution in [1.29, 1.82) is 0 Å². The molecule has 1 heteroatoms. The molecule has 1 nitrogen and oxygen atoms in total. The molecule has 0 aromatic heterocycles. The molecule has 0 spiro atoms. The number of rotatable bonds is 1. The second-order valence-corrected chi connectivity index (χ2v) is 4.03. The Morgan fingerprint density at radius 1 is 1.55 bits per heavy atom. The van der Waals surface area contributed by atoms with E-state index < -0.39 is 0 Å². The predicted molar refractivity (Wildman–Crippen MR) is 49.3 cm³/mol. The van der Waals surface area contributed by atoms with Gasteiger partial charge in [-0.1, -0.05) is 25.5 Å². The number of hydrogen-bond acceptors (Lipinski definition) is 1. The molecular formula is C10H19N. The zero-order chi connectivity index (χ0) is 8.43. The van der Waals surface area contributed by atoms with Crippen molar-refractivity contribution in [2.24, 2.45) is 17.6 Å². The van der Waals surface area contributed by atoms with Crippen LogP contribution in [0.3, 0.4) is 0 Å². The van der Waals surface area contributed by atoms with Gasteiger partial charge in [0.2, 0.25) is 0 Å². The fraction of sp³-hybridized carbons (Fsp3) is 0.800. The molecule has 64 valence electrons. The molecule has 0 amide bonds. The van der Waals surface area contributed by atoms with E-state index in [9.17, 15) is 0 Å². The molecule has 1 rings (SSSR count). The third-order valence-corrected chi connectivity index (χ3v) is 2.83. The van der Waals surface area contributed by atoms with Gasteiger partial charge in [-0.15, -0.1) is 0 Å². The van der Waals surface area contributed by atoms with Gasteiger partial charge in [0.15, 0.2) is 0 Å². The van der Waals surface area contributed by atoms with Crippen LogP contribution in [0.2, 0.25) is 0 Å². The third-order valence-electron chi connectivity index (χ3n) is 2.83. The van der Waals surface area contributed by atoms with Gasteiger partial charge in [-0.3, -0.25) is 0 Å². The molecule has 0 aliphatic heterocycles. The molecule has 0 saturated carbocycles. The van der Waals surface area contributed by atoms with Gasteiger partial charge in [0.1, 0.15) is 0 Å². The van der Waals surface area contributed by atoms with Gasteiger partial charge in [0.05, 0.1) is 0 Å². The Morgan fingerprint density at radius 2 is 2.18 bits per heavy atom. The molecule has 2 atom stereocenters. The van der Waals surface area contributed by atoms with Gasteiger partial charge < -0.3 is 5.73 Å². The Bertz CT molecular complexity index is 158. The lowest BCUT2D eigenvalue weighted by Gasteiger charge is -2.28. The van der Waals surface area contributed by atoms with Crippen LogP contribution in [0.25, 0.3) is 0 Å². The van der Waals surface area contributed by atoms with Gasteiger partial charge in [0, 0.05) is 6.04 Å². The Kier molecular flexibility index (Phi) is 2.72. The van der Waals surface area contributed by atoms with Gasteiger partial charge in [-0.25, -0.2) is 0 Å². The number of hydrogen-bond donors (Lipinski definition) is 1. The Morgan fingerprint density at radius 3 is 2.64 bits per heavy atom. The molecule has 0 fully saturated rings. The van der Waals surface area contributed by atoms with E-state index in [1.165, 1.54) is 18.4 Å². The Balaban J connectivity index is 2.55. The summed E-state index contributed by atoms with van der Waals surface area (Å²) in [7, 11) is 0. The third kappa shape index (κ3) is 2.06. The lowest BCUT2D eigenvalue weighted by molar-refractivity contribution is 0.332. The maximum Gasteiger partial charge on any atom is 0.0253 e. The lowest BCUT2D eigenvalue weighted by Crippen LogP contribution is -2.29. The van der Waals surface area contributed by atoms with Crippen LogP contribution in [0.5, 0.6) is 0 Å². The van der Waals surface area contributed by atoms with Crippen molar-refractivity contribution in [3.05, 3.63) is 11.6 Å². The van der Waals surface area contributed by atoms with Crippen LogP contribution in [-0.4, -0.2) is 6.04 Å². The number of allylic oxidation sites excluding steroid dienone is 1. The minimum Gasteiger partial charge on any atom is -0.324 e. The predicted octanol–water partition coefficient (Wildman–Crippen LogP) is 2.33. The highest BCUT2D eigenvalue weighted by Crippen LogP contribution is 2.27. The molecule has 0 radical (unpaired) electrons. The molecule has 0 aromatic carbocycles. The van der Waals surface area contributed by atoms with Gasteiger partial charge in [0.25, 0.3) is 0 Å². The SMILES string of the molecule is CC1=CC[C@@H](C(C)C)C[C@@H]1N. The molecule has 2 N–H and O–H groups in total. The van der Waals surface area contributed by atoms with Crippen LogP contribution < -0.4 is 5.73 Å². The van der Waals surface area contributed by atoms with Crippen LogP contribution in [0.1, 0.15) is 33.6 Å². The first-order valence-electron chi connectivity index (χ1n) is 4.53. The standard InChI is InChI=1S/C10H19N/c1-7(2)9-5-4-8(3)10(11)6-9/h4,7,9-10H,5-6,11H2,1-3H3/t9-,10+/m1/s1. The summed E-state index contributed by atoms with van der Waals surface area (Å²) < 4.78 is 0. The summed E-state index contributed by atoms with van der Waals surface area (Å²) in [6, 6.07) is 0.330. The molecule has 0 bridgehead atoms. The second kappa shape index (κ2) is 3.40. The first-order valence-corrected chi connectivity index (χ1v) is 4.53. The summed E-state index contributed by atoms with van der Waals surface area (Å²) in [5.74, 6) is 1.60. The van der Waals surface area contributed by atoms with Gasteiger partial charge >= 0.3 is 0 Å². The van der Waals surface area contributed by atoms with E-state index in [1.54, 1.807) is 0 Å². The van der Waals surface area contributed by atoms with Crippen LogP contribution >= 0.6 is 0 Å². The normalized spacial score (nSPS) is 32.3. The van der Waals surface area contributed by atoms with Crippen molar-refractivity contribution in [3.8, 4) is 0 Å². The molecule has 0 saturated heterocycles. The molecule has 1 aliphatic carbocycles. The highest BCUT2D eigenvalue weighted by atomic mass is 14.6. The van der Waals surface area contributed by atoms with Gasteiger partial charge in [-0.2, -0.15) is 0 Å². The fourth-order valence-electron chi connectivity index (χ4n) is 1.64. The molecule has 1 aliphatic rings. The second-order valence-electron chi connectivity index (χ2n) is 4.03. The molecule has 11 heavy (non-hydrogen) atoms. The van der Waals surface area contributed by atoms with E-state index in [0.29, 0.717) is 6.04 Å². The summed E-state index contributed by atoms with van der Waals surface area (Å²) in [5.41, 5.74) is 7.31. The van der Waals surface area contributed by atoms with E-state index in [-0.39, 0.29) is 0 Å². The topological polar surface area (TPSA) is 26.0 Å². The maximum absolute atomic E-state index is 5.94. The van der Waals surface area contributed by atoms with E-state index in [2.05, 4.69) is 26.8 Å². The van der Waals surface area contributed by atoms with Crippen molar-refractivity contribution >= 4 is 0 Å². The molecule has 0 aromatic rings. The van der Waals surface area contributed by atoms with Crippen molar-refractivity contribution in [2.45, 2.75) is 39.7 Å². The molecule has 0 heterocycles. The first kappa shape index (κ1) is 8.79. The number of nitrogens with two attached hydrogens (primary N) is 1. The minimum absolute atomic E-state index is 0.330. The highest BCUT2D eigenvalue weighted by molar-refractivity contribution is 5.11. The van der Waals surface area contributed by atoms with Crippen LogP contribution in [0.15, 0.2) is 11.6 Å². The maximum atomic E-state index is 5.94. The largest absolute Gasteiger partial charge is 0.324 e. The summed E-state index contributed by atoms with van der Waals surface area (Å²) in [6.45, 7) is 6.71. The molecule has 0 unspecified atom stereocenters. The summed E-state index contributed by atoms with van der Waals surface area (Å²) >= 11 is 0. The van der Waals surface area contributed by atoms with E-state index in [1.807, 2.05) is 0 Å². The lowest BCUT2D eigenvalue weighted by atomic mass is 9.80. The highest BCUT2D eigenvalue weighted by Gasteiger charge is 2.20. The Hall–Kier alpha value is -0.300. The Labute approximate surface area is 69.7 Å². The minimum atomic E-state index is 0.330. The van der Waals surface area contributed by atoms with E-state index in [0.717, 1.165) is 11.8 Å². The average Bonchev–Trinajstić information content (AvgIpc) is 1.94. The fourth-order valence-corrected chi connectivity index (χ4v) is 1.64. The summed E-state index contributed by atoms with van der Waals surface area (Å²) in [4.78, 5) is 0. The smallest absolute Gasteiger partial charge is 0.0253 e. The molecular weight excluding hydrogens is 134 g/mol. The first-order chi connectivity index (χ1) is 5.11. The van der Waals surface area contributed by atoms with E-state index in [4.69, 9.17) is 5.73 Å². The van der Waals surface area contributed by atoms with E-state index >= 15 is 0 Å². The monoisotopic (exact) mass is 153 g/mol. The van der Waals surface area contributed by atoms with Crippen molar-refractivity contribution in [1.82, 2.24) is 0 Å². The van der Waals surface area contributed by atoms with Crippen molar-refractivity contribution in [2.75, 3.05) is 0 Å². The van der Waals surface area contributed by atoms with Gasteiger partial charge in [-0.05, 0) is 31.6 Å². The quantitative estimate of drug-likeness (QED) is 0.575. The van der Waals surface area contributed by atoms with Crippen molar-refractivity contribution in [3.63, 3.8) is 0 Å². The van der Waals surface area contributed by atoms with Crippen LogP contribution in [0, 0.1) is 11.8 Å². The van der Waals surface area contributed by atoms with Crippen LogP contribution in [-0.2, 0) is 0 Å². The summed E-state index contributed by atoms with van der Waals surface area (Å²) in [5, 5.41) is 0. The summed E-state index contributed by atoms with van der Waals surface area (Å²) in [6.07, 6.45) is 4.72. The average molecular weight is 153 g/mol. The zero-order valence-corrected chi connectivity index (χ0v) is 7.80.